The van der Waals surface area contributed by atoms with E-state index in [0.717, 1.165) is 27.4 Å². The van der Waals surface area contributed by atoms with Crippen LogP contribution in [0.4, 0.5) is 13.2 Å². The molecule has 0 aliphatic carbocycles. The lowest BCUT2D eigenvalue weighted by Gasteiger charge is -2.09. The Balaban J connectivity index is 0.000000217. The van der Waals surface area contributed by atoms with Crippen LogP contribution in [0.25, 0.3) is 0 Å². The molecule has 0 unspecified atom stereocenters. The molecule has 6 aromatic rings. The molecule has 0 aliphatic rings. The molecule has 16 heteroatoms. The van der Waals surface area contributed by atoms with Gasteiger partial charge in [0.2, 0.25) is 11.8 Å². The summed E-state index contributed by atoms with van der Waals surface area (Å²) in [5, 5.41) is 35.1. The van der Waals surface area contributed by atoms with Crippen LogP contribution < -0.4 is 9.47 Å². The highest BCUT2D eigenvalue weighted by atomic mass is 79.9. The predicted molar refractivity (Wildman–Crippen MR) is 220 cm³/mol. The number of nitrogens with zero attached hydrogens (tertiary/aromatic N) is 6. The van der Waals surface area contributed by atoms with Crippen LogP contribution in [-0.4, -0.2) is 20.1 Å². The van der Waals surface area contributed by atoms with Gasteiger partial charge in [-0.25, -0.2) is 28.1 Å². The van der Waals surface area contributed by atoms with Crippen molar-refractivity contribution in [3.63, 3.8) is 0 Å². The van der Waals surface area contributed by atoms with Crippen LogP contribution >= 0.6 is 55.1 Å². The van der Waals surface area contributed by atoms with Crippen molar-refractivity contribution in [2.75, 3.05) is 0 Å². The van der Waals surface area contributed by atoms with E-state index in [1.54, 1.807) is 42.5 Å². The van der Waals surface area contributed by atoms with Gasteiger partial charge in [-0.1, -0.05) is 59.6 Å². The predicted octanol–water partition coefficient (Wildman–Crippen LogP) is 11.4. The van der Waals surface area contributed by atoms with Gasteiger partial charge in [-0.05, 0) is 112 Å². The minimum absolute atomic E-state index is 0.0335. The molecule has 3 aromatic heterocycles. The van der Waals surface area contributed by atoms with E-state index >= 15 is 0 Å². The highest BCUT2D eigenvalue weighted by molar-refractivity contribution is 9.10. The summed E-state index contributed by atoms with van der Waals surface area (Å²) in [5.74, 6) is -0.673. The van der Waals surface area contributed by atoms with Crippen LogP contribution in [0.15, 0.2) is 100 Å². The molecule has 0 bridgehead atoms. The monoisotopic (exact) mass is 952 g/mol. The van der Waals surface area contributed by atoms with Crippen molar-refractivity contribution in [3.05, 3.63) is 178 Å². The molecule has 0 spiro atoms. The number of aliphatic hydroxyl groups is 1. The third kappa shape index (κ3) is 15.1. The van der Waals surface area contributed by atoms with Crippen LogP contribution in [0.1, 0.15) is 50.1 Å². The van der Waals surface area contributed by atoms with Gasteiger partial charge < -0.3 is 14.6 Å². The summed E-state index contributed by atoms with van der Waals surface area (Å²) in [5.41, 5.74) is 4.70. The molecule has 0 saturated carbocycles. The highest BCUT2D eigenvalue weighted by Gasteiger charge is 2.09. The van der Waals surface area contributed by atoms with Gasteiger partial charge in [-0.2, -0.15) is 15.8 Å². The standard InChI is InChI=1S/C14H10BrFN2O.C14H10ClFN2O.C8H6FNO.C6H5BrClN/c1-9-2-5-13(18-14(9)15)19-8-11-4-3-10(7-17)6-12(11)16;1-9-2-5-13(15)18-14(9)19-8-11-4-3-10(7-17)6-12(11)16;9-8-3-6(4-10)1-2-7(8)5-11;1-4-2-3-5(8)9-6(4)7/h2*2-6H,8H2,1H3;1-3,11H,5H2;2-3H,1H3. The molecule has 58 heavy (non-hydrogen) atoms. The van der Waals surface area contributed by atoms with E-state index < -0.39 is 17.5 Å². The molecule has 0 atom stereocenters. The van der Waals surface area contributed by atoms with Crippen molar-refractivity contribution in [3.8, 4) is 30.0 Å². The lowest BCUT2D eigenvalue weighted by atomic mass is 10.1. The number of hydrogen-bond donors (Lipinski definition) is 1. The Bertz CT molecular complexity index is 2490. The number of halogens is 7. The summed E-state index contributed by atoms with van der Waals surface area (Å²) in [6.07, 6.45) is 0. The summed E-state index contributed by atoms with van der Waals surface area (Å²) in [7, 11) is 0. The minimum Gasteiger partial charge on any atom is -0.473 e. The molecule has 0 fully saturated rings. The van der Waals surface area contributed by atoms with Crippen molar-refractivity contribution in [2.24, 2.45) is 0 Å². The largest absolute Gasteiger partial charge is 0.473 e. The van der Waals surface area contributed by atoms with Gasteiger partial charge in [0.15, 0.2) is 0 Å². The molecule has 6 rings (SSSR count). The Morgan fingerprint density at radius 1 is 0.569 bits per heavy atom. The van der Waals surface area contributed by atoms with Gasteiger partial charge in [-0.3, -0.25) is 0 Å². The summed E-state index contributed by atoms with van der Waals surface area (Å²) >= 11 is 17.9. The normalized spacial score (nSPS) is 9.79. The maximum absolute atomic E-state index is 13.6. The summed E-state index contributed by atoms with van der Waals surface area (Å²) < 4.78 is 52.4. The fourth-order valence-electron chi connectivity index (χ4n) is 4.19. The number of aliphatic hydroxyl groups excluding tert-OH is 1. The fourth-order valence-corrected chi connectivity index (χ4v) is 5.21. The van der Waals surface area contributed by atoms with Crippen molar-refractivity contribution < 1.29 is 27.8 Å². The molecule has 3 aromatic carbocycles. The second kappa shape index (κ2) is 23.6. The lowest BCUT2D eigenvalue weighted by Crippen LogP contribution is -2.01. The molecular weight excluding hydrogens is 924 g/mol. The summed E-state index contributed by atoms with van der Waals surface area (Å²) in [4.78, 5) is 12.1. The molecule has 0 aliphatic heterocycles. The van der Waals surface area contributed by atoms with E-state index in [9.17, 15) is 13.2 Å². The Labute approximate surface area is 360 Å². The first kappa shape index (κ1) is 46.8. The third-order valence-corrected chi connectivity index (χ3v) is 9.51. The van der Waals surface area contributed by atoms with Crippen LogP contribution in [0.2, 0.25) is 10.3 Å². The second-order valence-corrected chi connectivity index (χ2v) is 14.0. The molecule has 0 saturated heterocycles. The van der Waals surface area contributed by atoms with Gasteiger partial charge in [0.1, 0.15) is 50.2 Å². The van der Waals surface area contributed by atoms with Crippen molar-refractivity contribution in [1.82, 2.24) is 15.0 Å². The number of pyridine rings is 3. The first-order chi connectivity index (χ1) is 27.7. The number of nitriles is 3. The first-order valence-corrected chi connectivity index (χ1v) is 19.0. The van der Waals surface area contributed by atoms with E-state index in [0.29, 0.717) is 37.8 Å². The molecule has 0 radical (unpaired) electrons. The molecule has 3 heterocycles. The fraction of sp³-hybridized carbons (Fsp3) is 0.143. The highest BCUT2D eigenvalue weighted by Crippen LogP contribution is 2.21. The maximum atomic E-state index is 13.6. The number of aryl methyl sites for hydroxylation is 3. The zero-order valence-electron chi connectivity index (χ0n) is 30.9. The third-order valence-electron chi connectivity index (χ3n) is 7.48. The molecule has 1 N–H and O–H groups in total. The molecular formula is C42H31Br2Cl2F3N6O3. The number of aromatic nitrogens is 3. The van der Waals surface area contributed by atoms with Gasteiger partial charge in [0.25, 0.3) is 0 Å². The SMILES string of the molecule is Cc1ccc(Cl)nc1Br.Cc1ccc(Cl)nc1OCc1ccc(C#N)cc1F.Cc1ccc(OCc2ccc(C#N)cc2F)nc1Br.N#Cc1ccc(CO)c(F)c1. The Morgan fingerprint density at radius 2 is 0.983 bits per heavy atom. The van der Waals surface area contributed by atoms with Crippen LogP contribution in [0.5, 0.6) is 11.8 Å². The van der Waals surface area contributed by atoms with Crippen molar-refractivity contribution in [1.29, 1.82) is 15.8 Å². The zero-order valence-corrected chi connectivity index (χ0v) is 35.6. The molecule has 296 valence electrons. The van der Waals surface area contributed by atoms with Gasteiger partial charge in [-0.15, -0.1) is 0 Å². The number of ether oxygens (including phenoxy) is 2. The van der Waals surface area contributed by atoms with Crippen LogP contribution in [0.3, 0.4) is 0 Å². The number of hydrogen-bond acceptors (Lipinski definition) is 9. The molecule has 0 amide bonds. The minimum atomic E-state index is -0.536. The van der Waals surface area contributed by atoms with Gasteiger partial charge in [0.05, 0.1) is 41.5 Å². The van der Waals surface area contributed by atoms with Gasteiger partial charge >= 0.3 is 0 Å². The lowest BCUT2D eigenvalue weighted by molar-refractivity contribution is 0.275. The zero-order chi connectivity index (χ0) is 42.8. The smallest absolute Gasteiger partial charge is 0.218 e. The Hall–Kier alpha value is -5.53. The quantitative estimate of drug-likeness (QED) is 0.154. The van der Waals surface area contributed by atoms with Crippen LogP contribution in [0, 0.1) is 72.2 Å². The van der Waals surface area contributed by atoms with Crippen molar-refractivity contribution >= 4 is 55.1 Å². The Morgan fingerprint density at radius 3 is 1.40 bits per heavy atom. The number of rotatable bonds is 7. The van der Waals surface area contributed by atoms with E-state index in [-0.39, 0.29) is 42.1 Å². The summed E-state index contributed by atoms with van der Waals surface area (Å²) in [6, 6.07) is 28.8. The topological polar surface area (TPSA) is 149 Å². The maximum Gasteiger partial charge on any atom is 0.218 e. The molecule has 9 nitrogen and oxygen atoms in total. The second-order valence-electron chi connectivity index (χ2n) is 11.7. The average molecular weight is 955 g/mol. The van der Waals surface area contributed by atoms with E-state index in [1.165, 1.54) is 36.4 Å². The van der Waals surface area contributed by atoms with E-state index in [1.807, 2.05) is 45.0 Å². The van der Waals surface area contributed by atoms with Crippen molar-refractivity contribution in [2.45, 2.75) is 40.6 Å². The van der Waals surface area contributed by atoms with E-state index in [4.69, 9.17) is 53.6 Å². The number of benzene rings is 3. The van der Waals surface area contributed by atoms with Gasteiger partial charge in [0, 0.05) is 28.3 Å². The Kier molecular flexibility index (Phi) is 19.1. The van der Waals surface area contributed by atoms with E-state index in [2.05, 4.69) is 46.8 Å². The first-order valence-electron chi connectivity index (χ1n) is 16.6. The average Bonchev–Trinajstić information content (AvgIpc) is 3.21. The summed E-state index contributed by atoms with van der Waals surface area (Å²) in [6.45, 7) is 5.48. The van der Waals surface area contributed by atoms with Crippen LogP contribution in [-0.2, 0) is 19.8 Å².